The van der Waals surface area contributed by atoms with Crippen molar-refractivity contribution in [2.75, 3.05) is 0 Å². The molecule has 1 aromatic carbocycles. The van der Waals surface area contributed by atoms with Crippen LogP contribution in [0.25, 0.3) is 0 Å². The summed E-state index contributed by atoms with van der Waals surface area (Å²) in [6.45, 7) is 4.78. The minimum absolute atomic E-state index is 0.0243. The molecule has 0 aliphatic carbocycles. The van der Waals surface area contributed by atoms with Gasteiger partial charge in [0.05, 0.1) is 0 Å². The van der Waals surface area contributed by atoms with Gasteiger partial charge in [-0.3, -0.25) is 0 Å². The van der Waals surface area contributed by atoms with Gasteiger partial charge in [0, 0.05) is 12.6 Å². The van der Waals surface area contributed by atoms with Crippen molar-refractivity contribution in [2.45, 2.75) is 27.0 Å². The summed E-state index contributed by atoms with van der Waals surface area (Å²) in [6, 6.07) is 3.30. The number of aromatic carboxylic acids is 1. The van der Waals surface area contributed by atoms with Crippen LogP contribution < -0.4 is 4.74 Å². The highest BCUT2D eigenvalue weighted by Gasteiger charge is 2.14. The molecular formula is C14H16FN3O3. The summed E-state index contributed by atoms with van der Waals surface area (Å²) in [5.41, 5.74) is -0.0914. The topological polar surface area (TPSA) is 77.2 Å². The molecule has 1 heterocycles. The van der Waals surface area contributed by atoms with Crippen molar-refractivity contribution in [2.24, 2.45) is 5.92 Å². The van der Waals surface area contributed by atoms with Gasteiger partial charge in [-0.1, -0.05) is 13.8 Å². The number of halogens is 1. The number of carbonyl (C=O) groups is 1. The van der Waals surface area contributed by atoms with Gasteiger partial charge in [-0.25, -0.2) is 18.9 Å². The molecule has 2 rings (SSSR count). The SMILES string of the molecule is CC(C)Cn1ncnc1COc1cc(F)ccc1C(=O)O. The van der Waals surface area contributed by atoms with Crippen molar-refractivity contribution in [3.8, 4) is 5.75 Å². The molecule has 0 unspecified atom stereocenters. The van der Waals surface area contributed by atoms with Gasteiger partial charge >= 0.3 is 5.97 Å². The van der Waals surface area contributed by atoms with Crippen LogP contribution in [0.5, 0.6) is 5.75 Å². The van der Waals surface area contributed by atoms with Crippen molar-refractivity contribution in [1.29, 1.82) is 0 Å². The van der Waals surface area contributed by atoms with Crippen LogP contribution >= 0.6 is 0 Å². The summed E-state index contributed by atoms with van der Waals surface area (Å²) in [6.07, 6.45) is 1.41. The largest absolute Gasteiger partial charge is 0.485 e. The highest BCUT2D eigenvalue weighted by atomic mass is 19.1. The number of benzene rings is 1. The second-order valence-electron chi connectivity index (χ2n) is 4.99. The van der Waals surface area contributed by atoms with Gasteiger partial charge in [-0.05, 0) is 18.1 Å². The standard InChI is InChI=1S/C14H16FN3O3/c1-9(2)6-18-13(16-8-17-18)7-21-12-5-10(15)3-4-11(12)14(19)20/h3-5,8-9H,6-7H2,1-2H3,(H,19,20). The third-order valence-corrected chi connectivity index (χ3v) is 2.76. The third-order valence-electron chi connectivity index (χ3n) is 2.76. The van der Waals surface area contributed by atoms with Crippen LogP contribution in [0.2, 0.25) is 0 Å². The second kappa shape index (κ2) is 6.34. The molecule has 0 atom stereocenters. The van der Waals surface area contributed by atoms with E-state index >= 15 is 0 Å². The molecule has 0 amide bonds. The normalized spacial score (nSPS) is 10.9. The van der Waals surface area contributed by atoms with E-state index in [0.29, 0.717) is 18.3 Å². The Morgan fingerprint density at radius 2 is 2.24 bits per heavy atom. The molecule has 0 radical (unpaired) electrons. The van der Waals surface area contributed by atoms with E-state index < -0.39 is 11.8 Å². The van der Waals surface area contributed by atoms with E-state index in [0.717, 1.165) is 12.1 Å². The predicted octanol–water partition coefficient (Wildman–Crippen LogP) is 2.35. The van der Waals surface area contributed by atoms with E-state index in [1.807, 2.05) is 13.8 Å². The fourth-order valence-corrected chi connectivity index (χ4v) is 1.83. The fraction of sp³-hybridized carbons (Fsp3) is 0.357. The first-order valence-corrected chi connectivity index (χ1v) is 6.49. The zero-order valence-corrected chi connectivity index (χ0v) is 11.8. The summed E-state index contributed by atoms with van der Waals surface area (Å²) >= 11 is 0. The highest BCUT2D eigenvalue weighted by Crippen LogP contribution is 2.21. The number of carboxylic acids is 1. The predicted molar refractivity (Wildman–Crippen MR) is 72.6 cm³/mol. The van der Waals surface area contributed by atoms with Crippen LogP contribution in [0.1, 0.15) is 30.0 Å². The van der Waals surface area contributed by atoms with E-state index in [1.54, 1.807) is 4.68 Å². The minimum Gasteiger partial charge on any atom is -0.485 e. The smallest absolute Gasteiger partial charge is 0.339 e. The second-order valence-corrected chi connectivity index (χ2v) is 4.99. The lowest BCUT2D eigenvalue weighted by Crippen LogP contribution is -2.13. The molecule has 0 saturated heterocycles. The van der Waals surface area contributed by atoms with Crippen molar-refractivity contribution in [3.05, 3.63) is 41.7 Å². The molecule has 112 valence electrons. The minimum atomic E-state index is -1.17. The van der Waals surface area contributed by atoms with E-state index in [1.165, 1.54) is 12.4 Å². The first-order valence-electron chi connectivity index (χ1n) is 6.49. The highest BCUT2D eigenvalue weighted by molar-refractivity contribution is 5.90. The quantitative estimate of drug-likeness (QED) is 0.884. The zero-order valence-electron chi connectivity index (χ0n) is 11.8. The number of nitrogens with zero attached hydrogens (tertiary/aromatic N) is 3. The van der Waals surface area contributed by atoms with Crippen LogP contribution in [0.3, 0.4) is 0 Å². The summed E-state index contributed by atoms with van der Waals surface area (Å²) in [5.74, 6) is -0.813. The maximum atomic E-state index is 13.2. The van der Waals surface area contributed by atoms with Gasteiger partial charge in [0.15, 0.2) is 5.82 Å². The number of hydrogen-bond donors (Lipinski definition) is 1. The Hall–Kier alpha value is -2.44. The lowest BCUT2D eigenvalue weighted by molar-refractivity contribution is 0.0691. The first kappa shape index (κ1) is 15.0. The molecule has 21 heavy (non-hydrogen) atoms. The van der Waals surface area contributed by atoms with Gasteiger partial charge in [-0.15, -0.1) is 0 Å². The van der Waals surface area contributed by atoms with Gasteiger partial charge in [0.2, 0.25) is 0 Å². The molecule has 0 fully saturated rings. The summed E-state index contributed by atoms with van der Waals surface area (Å²) < 4.78 is 20.3. The van der Waals surface area contributed by atoms with Crippen LogP contribution in [0.4, 0.5) is 4.39 Å². The molecular weight excluding hydrogens is 277 g/mol. The fourth-order valence-electron chi connectivity index (χ4n) is 1.83. The number of rotatable bonds is 6. The number of aromatic nitrogens is 3. The lowest BCUT2D eigenvalue weighted by Gasteiger charge is -2.11. The van der Waals surface area contributed by atoms with E-state index in [4.69, 9.17) is 9.84 Å². The van der Waals surface area contributed by atoms with Crippen molar-refractivity contribution in [3.63, 3.8) is 0 Å². The third kappa shape index (κ3) is 3.77. The number of ether oxygens (including phenoxy) is 1. The van der Waals surface area contributed by atoms with Gasteiger partial charge in [0.1, 0.15) is 30.1 Å². The van der Waals surface area contributed by atoms with Crippen molar-refractivity contribution in [1.82, 2.24) is 14.8 Å². The molecule has 0 spiro atoms. The Balaban J connectivity index is 2.15. The molecule has 2 aromatic rings. The Bertz CT molecular complexity index is 640. The lowest BCUT2D eigenvalue weighted by atomic mass is 10.2. The number of carboxylic acid groups (broad SMARTS) is 1. The van der Waals surface area contributed by atoms with Crippen LogP contribution in [-0.4, -0.2) is 25.8 Å². The molecule has 0 aliphatic heterocycles. The maximum absolute atomic E-state index is 13.2. The van der Waals surface area contributed by atoms with Crippen LogP contribution in [-0.2, 0) is 13.2 Å². The summed E-state index contributed by atoms with van der Waals surface area (Å²) in [4.78, 5) is 15.1. The molecule has 1 aromatic heterocycles. The van der Waals surface area contributed by atoms with Gasteiger partial charge in [0.25, 0.3) is 0 Å². The summed E-state index contributed by atoms with van der Waals surface area (Å²) in [7, 11) is 0. The Labute approximate surface area is 121 Å². The van der Waals surface area contributed by atoms with E-state index in [-0.39, 0.29) is 17.9 Å². The first-order chi connectivity index (χ1) is 9.97. The van der Waals surface area contributed by atoms with E-state index in [9.17, 15) is 9.18 Å². The molecule has 0 bridgehead atoms. The molecule has 1 N–H and O–H groups in total. The van der Waals surface area contributed by atoms with Crippen molar-refractivity contribution >= 4 is 5.97 Å². The monoisotopic (exact) mass is 293 g/mol. The Kier molecular flexibility index (Phi) is 4.52. The molecule has 0 saturated carbocycles. The maximum Gasteiger partial charge on any atom is 0.339 e. The van der Waals surface area contributed by atoms with Gasteiger partial charge in [-0.2, -0.15) is 5.10 Å². The zero-order chi connectivity index (χ0) is 15.4. The molecule has 7 heteroatoms. The molecule has 6 nitrogen and oxygen atoms in total. The van der Waals surface area contributed by atoms with Crippen molar-refractivity contribution < 1.29 is 19.0 Å². The Morgan fingerprint density at radius 1 is 1.48 bits per heavy atom. The summed E-state index contributed by atoms with van der Waals surface area (Å²) in [5, 5.41) is 13.1. The average molecular weight is 293 g/mol. The number of hydrogen-bond acceptors (Lipinski definition) is 4. The van der Waals surface area contributed by atoms with Crippen LogP contribution in [0.15, 0.2) is 24.5 Å². The van der Waals surface area contributed by atoms with Gasteiger partial charge < -0.3 is 9.84 Å². The Morgan fingerprint density at radius 3 is 2.90 bits per heavy atom. The average Bonchev–Trinajstić information content (AvgIpc) is 2.82. The molecule has 0 aliphatic rings. The van der Waals surface area contributed by atoms with E-state index in [2.05, 4.69) is 10.1 Å². The van der Waals surface area contributed by atoms with Crippen LogP contribution in [0, 0.1) is 11.7 Å².